The van der Waals surface area contributed by atoms with Crippen molar-refractivity contribution in [2.24, 2.45) is 0 Å². The van der Waals surface area contributed by atoms with E-state index >= 15 is 0 Å². The topological polar surface area (TPSA) is 9.23 Å². The smallest absolute Gasteiger partial charge is 0.429 e. The fourth-order valence-electron chi connectivity index (χ4n) is 3.71. The molecule has 0 N–H and O–H groups in total. The van der Waals surface area contributed by atoms with Crippen molar-refractivity contribution >= 4 is 24.9 Å². The van der Waals surface area contributed by atoms with Crippen LogP contribution in [0.2, 0.25) is 19.6 Å². The van der Waals surface area contributed by atoms with Crippen LogP contribution < -0.4 is 4.74 Å². The molecule has 0 heterocycles. The van der Waals surface area contributed by atoms with Crippen molar-refractivity contribution in [2.45, 2.75) is 25.7 Å². The van der Waals surface area contributed by atoms with Gasteiger partial charge < -0.3 is 4.74 Å². The third kappa shape index (κ3) is 6.42. The molecule has 0 aliphatic carbocycles. The summed E-state index contributed by atoms with van der Waals surface area (Å²) >= 11 is 0. The second-order valence-corrected chi connectivity index (χ2v) is 14.7. The van der Waals surface area contributed by atoms with Crippen molar-refractivity contribution in [1.82, 2.24) is 0 Å². The molecule has 4 rings (SSSR count). The van der Waals surface area contributed by atoms with Crippen molar-refractivity contribution < 1.29 is 31.1 Å². The van der Waals surface area contributed by atoms with Crippen LogP contribution in [0.4, 0.5) is 26.3 Å². The van der Waals surface area contributed by atoms with Crippen LogP contribution in [-0.2, 0) is 6.11 Å². The van der Waals surface area contributed by atoms with Crippen molar-refractivity contribution in [3.05, 3.63) is 118 Å². The molecule has 40 heavy (non-hydrogen) atoms. The van der Waals surface area contributed by atoms with Crippen molar-refractivity contribution in [1.29, 1.82) is 0 Å². The SMILES string of the molecule is C=Cc1ccc(C#Cc2cc(F)c(C(F)(F)Oc3ccc4c(F)c(C#C[Si](C)(C)C)c(F)cc4c3)c(F)c2)cc1. The van der Waals surface area contributed by atoms with E-state index in [1.807, 2.05) is 19.6 Å². The summed E-state index contributed by atoms with van der Waals surface area (Å²) in [5.74, 6) is 2.19. The van der Waals surface area contributed by atoms with Gasteiger partial charge in [-0.15, -0.1) is 5.54 Å². The predicted octanol–water partition coefficient (Wildman–Crippen LogP) is 8.80. The van der Waals surface area contributed by atoms with E-state index in [2.05, 4.69) is 34.6 Å². The fourth-order valence-corrected chi connectivity index (χ4v) is 4.21. The highest BCUT2D eigenvalue weighted by Crippen LogP contribution is 2.37. The summed E-state index contributed by atoms with van der Waals surface area (Å²) in [6, 6.07) is 12.2. The van der Waals surface area contributed by atoms with Crippen molar-refractivity contribution in [3.63, 3.8) is 0 Å². The standard InChI is InChI=1S/C32H22F6OSi/c1-5-20-6-8-21(9-7-20)10-11-22-16-28(34)30(29(35)17-22)32(37,38)39-24-12-13-25-23(18-24)19-27(33)26(31(25)36)14-15-40(2,3)4/h5-9,12-13,16-19H,1H2,2-4H3. The highest BCUT2D eigenvalue weighted by molar-refractivity contribution is 6.83. The van der Waals surface area contributed by atoms with Crippen LogP contribution >= 0.6 is 0 Å². The number of fused-ring (bicyclic) bond motifs is 1. The second-order valence-electron chi connectivity index (χ2n) is 9.94. The third-order valence-electron chi connectivity index (χ3n) is 5.64. The van der Waals surface area contributed by atoms with Crippen LogP contribution in [0.25, 0.3) is 16.8 Å². The van der Waals surface area contributed by atoms with E-state index in [1.165, 1.54) is 0 Å². The van der Waals surface area contributed by atoms with Gasteiger partial charge in [0.25, 0.3) is 0 Å². The van der Waals surface area contributed by atoms with Gasteiger partial charge in [-0.2, -0.15) is 8.78 Å². The van der Waals surface area contributed by atoms with Gasteiger partial charge in [-0.05, 0) is 59.5 Å². The molecular formula is C32H22F6OSi. The lowest BCUT2D eigenvalue weighted by Gasteiger charge is -2.20. The van der Waals surface area contributed by atoms with Crippen molar-refractivity contribution in [2.75, 3.05) is 0 Å². The molecule has 0 amide bonds. The van der Waals surface area contributed by atoms with Gasteiger partial charge in [-0.25, -0.2) is 17.6 Å². The van der Waals surface area contributed by atoms with Gasteiger partial charge in [0.2, 0.25) is 0 Å². The molecule has 0 saturated carbocycles. The van der Waals surface area contributed by atoms with Crippen LogP contribution in [0.5, 0.6) is 5.75 Å². The lowest BCUT2D eigenvalue weighted by molar-refractivity contribution is -0.189. The lowest BCUT2D eigenvalue weighted by atomic mass is 10.0. The van der Waals surface area contributed by atoms with Gasteiger partial charge in [0.05, 0.1) is 5.56 Å². The number of alkyl halides is 2. The van der Waals surface area contributed by atoms with Gasteiger partial charge in [0.1, 0.15) is 42.7 Å². The number of halogens is 6. The Bertz CT molecular complexity index is 1720. The van der Waals surface area contributed by atoms with Gasteiger partial charge in [-0.1, -0.05) is 62.2 Å². The van der Waals surface area contributed by atoms with Crippen LogP contribution in [-0.4, -0.2) is 8.07 Å². The molecule has 1 nitrogen and oxygen atoms in total. The van der Waals surface area contributed by atoms with Crippen molar-refractivity contribution in [3.8, 4) is 29.1 Å². The van der Waals surface area contributed by atoms with Gasteiger partial charge >= 0.3 is 6.11 Å². The number of hydrogen-bond donors (Lipinski definition) is 0. The maximum absolute atomic E-state index is 15.0. The highest BCUT2D eigenvalue weighted by Gasteiger charge is 2.41. The Morgan fingerprint density at radius 2 is 1.40 bits per heavy atom. The van der Waals surface area contributed by atoms with E-state index in [9.17, 15) is 26.3 Å². The first kappa shape index (κ1) is 28.6. The minimum absolute atomic E-state index is 0.0728. The Morgan fingerprint density at radius 3 is 2.00 bits per heavy atom. The monoisotopic (exact) mass is 564 g/mol. The molecule has 202 valence electrons. The minimum Gasteiger partial charge on any atom is -0.429 e. The van der Waals surface area contributed by atoms with E-state index in [0.29, 0.717) is 17.7 Å². The maximum Gasteiger partial charge on any atom is 0.432 e. The summed E-state index contributed by atoms with van der Waals surface area (Å²) in [6.45, 7) is 9.38. The van der Waals surface area contributed by atoms with E-state index in [4.69, 9.17) is 0 Å². The van der Waals surface area contributed by atoms with E-state index in [-0.39, 0.29) is 16.3 Å². The molecule has 0 spiro atoms. The first-order valence-corrected chi connectivity index (χ1v) is 15.5. The minimum atomic E-state index is -4.45. The molecule has 0 atom stereocenters. The Labute approximate surface area is 229 Å². The largest absolute Gasteiger partial charge is 0.432 e. The highest BCUT2D eigenvalue weighted by atomic mass is 28.3. The van der Waals surface area contributed by atoms with Crippen LogP contribution in [0.3, 0.4) is 0 Å². The summed E-state index contributed by atoms with van der Waals surface area (Å²) in [4.78, 5) is 0. The molecule has 0 unspecified atom stereocenters. The predicted molar refractivity (Wildman–Crippen MR) is 147 cm³/mol. The zero-order valence-electron chi connectivity index (χ0n) is 21.7. The quantitative estimate of drug-likeness (QED) is 0.137. The first-order valence-electron chi connectivity index (χ1n) is 12.0. The fraction of sp³-hybridized carbons (Fsp3) is 0.125. The van der Waals surface area contributed by atoms with Crippen LogP contribution in [0, 0.1) is 46.6 Å². The molecule has 4 aromatic rings. The lowest BCUT2D eigenvalue weighted by Crippen LogP contribution is -2.25. The summed E-state index contributed by atoms with van der Waals surface area (Å²) in [5, 5.41) is -0.161. The van der Waals surface area contributed by atoms with E-state index < -0.39 is 54.3 Å². The molecule has 0 saturated heterocycles. The second kappa shape index (κ2) is 11.0. The normalized spacial score (nSPS) is 11.3. The van der Waals surface area contributed by atoms with Gasteiger partial charge in [0.15, 0.2) is 0 Å². The maximum atomic E-state index is 15.0. The summed E-state index contributed by atoms with van der Waals surface area (Å²) < 4.78 is 93.5. The van der Waals surface area contributed by atoms with Crippen LogP contribution in [0.15, 0.2) is 67.2 Å². The average Bonchev–Trinajstić information content (AvgIpc) is 2.86. The number of benzene rings is 4. The number of ether oxygens (including phenoxy) is 1. The summed E-state index contributed by atoms with van der Waals surface area (Å²) in [7, 11) is -1.93. The summed E-state index contributed by atoms with van der Waals surface area (Å²) in [5.41, 5.74) is 2.08. The summed E-state index contributed by atoms with van der Waals surface area (Å²) in [6.07, 6.45) is -2.81. The molecule has 8 heteroatoms. The third-order valence-corrected chi connectivity index (χ3v) is 6.51. The Kier molecular flexibility index (Phi) is 7.86. The van der Waals surface area contributed by atoms with Crippen LogP contribution in [0.1, 0.15) is 27.8 Å². The molecule has 0 aliphatic heterocycles. The molecule has 0 fully saturated rings. The van der Waals surface area contributed by atoms with Gasteiger partial charge in [0, 0.05) is 16.5 Å². The first-order chi connectivity index (χ1) is 18.8. The van der Waals surface area contributed by atoms with E-state index in [1.54, 1.807) is 30.3 Å². The average molecular weight is 565 g/mol. The molecule has 0 bridgehead atoms. The Balaban J connectivity index is 1.63. The zero-order valence-corrected chi connectivity index (χ0v) is 22.7. The number of rotatable bonds is 4. The zero-order chi connectivity index (χ0) is 29.2. The molecule has 0 radical (unpaired) electrons. The Hall–Kier alpha value is -4.40. The molecule has 0 aliphatic rings. The molecule has 4 aromatic carbocycles. The van der Waals surface area contributed by atoms with Gasteiger partial charge in [-0.3, -0.25) is 0 Å². The number of hydrogen-bond acceptors (Lipinski definition) is 1. The molecular weight excluding hydrogens is 542 g/mol. The Morgan fingerprint density at radius 1 is 0.775 bits per heavy atom. The van der Waals surface area contributed by atoms with E-state index in [0.717, 1.165) is 29.8 Å². The molecule has 0 aromatic heterocycles.